The zero-order chi connectivity index (χ0) is 10.9. The van der Waals surface area contributed by atoms with Crippen molar-refractivity contribution >= 4 is 0 Å². The van der Waals surface area contributed by atoms with Crippen molar-refractivity contribution in [2.45, 2.75) is 44.6 Å². The van der Waals surface area contributed by atoms with Crippen LogP contribution in [-0.4, -0.2) is 20.5 Å². The van der Waals surface area contributed by atoms with Gasteiger partial charge in [0.05, 0.1) is 11.8 Å². The second-order valence-corrected chi connectivity index (χ2v) is 4.95. The fourth-order valence-corrected chi connectivity index (χ4v) is 2.58. The highest BCUT2D eigenvalue weighted by molar-refractivity contribution is 5.09. The number of aromatic nitrogens is 2. The molecule has 0 bridgehead atoms. The number of nitrogens with zero attached hydrogens (tertiary/aromatic N) is 2. The third-order valence-corrected chi connectivity index (χ3v) is 3.68. The fraction of sp³-hybridized carbons (Fsp3) is 0.750. The molecule has 3 heteroatoms. The van der Waals surface area contributed by atoms with E-state index in [9.17, 15) is 5.11 Å². The normalized spacial score (nSPS) is 31.8. The van der Waals surface area contributed by atoms with Gasteiger partial charge in [0.25, 0.3) is 0 Å². The molecule has 1 aromatic heterocycles. The molecular formula is C12H20N2O. The van der Waals surface area contributed by atoms with E-state index >= 15 is 0 Å². The van der Waals surface area contributed by atoms with Crippen LogP contribution in [0.4, 0.5) is 0 Å². The Bertz CT molecular complexity index is 334. The van der Waals surface area contributed by atoms with Crippen molar-refractivity contribution in [1.82, 2.24) is 9.78 Å². The van der Waals surface area contributed by atoms with Crippen molar-refractivity contribution in [2.75, 3.05) is 0 Å². The average Bonchev–Trinajstić information content (AvgIpc) is 2.57. The van der Waals surface area contributed by atoms with Gasteiger partial charge in [-0.05, 0) is 24.3 Å². The van der Waals surface area contributed by atoms with Gasteiger partial charge < -0.3 is 5.11 Å². The van der Waals surface area contributed by atoms with Gasteiger partial charge in [0.2, 0.25) is 0 Å². The van der Waals surface area contributed by atoms with Gasteiger partial charge in [-0.25, -0.2) is 0 Å². The van der Waals surface area contributed by atoms with Crippen molar-refractivity contribution in [3.8, 4) is 0 Å². The molecule has 1 aromatic rings. The first-order valence-corrected chi connectivity index (χ1v) is 5.80. The van der Waals surface area contributed by atoms with Gasteiger partial charge in [-0.3, -0.25) is 4.68 Å². The Balaban J connectivity index is 2.08. The lowest BCUT2D eigenvalue weighted by Gasteiger charge is -2.38. The van der Waals surface area contributed by atoms with Gasteiger partial charge in [0, 0.05) is 19.7 Å². The smallest absolute Gasteiger partial charge is 0.0714 e. The molecule has 84 valence electrons. The molecule has 2 unspecified atom stereocenters. The van der Waals surface area contributed by atoms with Gasteiger partial charge in [-0.1, -0.05) is 19.8 Å². The van der Waals surface area contributed by atoms with Gasteiger partial charge >= 0.3 is 0 Å². The van der Waals surface area contributed by atoms with Crippen LogP contribution in [0.25, 0.3) is 0 Å². The molecule has 0 spiro atoms. The highest BCUT2D eigenvalue weighted by atomic mass is 16.3. The van der Waals surface area contributed by atoms with Crippen molar-refractivity contribution < 1.29 is 5.11 Å². The van der Waals surface area contributed by atoms with Gasteiger partial charge in [0.15, 0.2) is 0 Å². The van der Waals surface area contributed by atoms with E-state index in [2.05, 4.69) is 12.0 Å². The average molecular weight is 208 g/mol. The molecule has 0 radical (unpaired) electrons. The standard InChI is InChI=1S/C12H20N2O/c1-10-5-3-4-6-12(10,15)7-11-8-13-14(2)9-11/h8-10,15H,3-7H2,1-2H3. The second kappa shape index (κ2) is 3.97. The van der Waals surface area contributed by atoms with Crippen molar-refractivity contribution in [1.29, 1.82) is 0 Å². The summed E-state index contributed by atoms with van der Waals surface area (Å²) < 4.78 is 1.80. The summed E-state index contributed by atoms with van der Waals surface area (Å²) in [6, 6.07) is 0. The summed E-state index contributed by atoms with van der Waals surface area (Å²) in [7, 11) is 1.91. The lowest BCUT2D eigenvalue weighted by atomic mass is 9.73. The maximum atomic E-state index is 10.6. The molecule has 1 heterocycles. The molecule has 3 nitrogen and oxygen atoms in total. The molecular weight excluding hydrogens is 188 g/mol. The summed E-state index contributed by atoms with van der Waals surface area (Å²) in [6.45, 7) is 2.16. The number of hydrogen-bond acceptors (Lipinski definition) is 2. The van der Waals surface area contributed by atoms with E-state index < -0.39 is 5.60 Å². The van der Waals surface area contributed by atoms with E-state index in [-0.39, 0.29) is 0 Å². The van der Waals surface area contributed by atoms with E-state index in [1.54, 1.807) is 4.68 Å². The minimum absolute atomic E-state index is 0.409. The summed E-state index contributed by atoms with van der Waals surface area (Å²) in [6.07, 6.45) is 9.11. The van der Waals surface area contributed by atoms with Crippen LogP contribution in [0.15, 0.2) is 12.4 Å². The largest absolute Gasteiger partial charge is 0.389 e. The molecule has 2 atom stereocenters. The van der Waals surface area contributed by atoms with Crippen LogP contribution in [0.2, 0.25) is 0 Å². The molecule has 0 saturated heterocycles. The highest BCUT2D eigenvalue weighted by Crippen LogP contribution is 2.35. The monoisotopic (exact) mass is 208 g/mol. The Morgan fingerprint density at radius 1 is 1.60 bits per heavy atom. The van der Waals surface area contributed by atoms with Crippen LogP contribution in [-0.2, 0) is 13.5 Å². The number of aliphatic hydroxyl groups is 1. The zero-order valence-electron chi connectivity index (χ0n) is 9.61. The third-order valence-electron chi connectivity index (χ3n) is 3.68. The quantitative estimate of drug-likeness (QED) is 0.806. The Labute approximate surface area is 91.1 Å². The first kappa shape index (κ1) is 10.7. The number of hydrogen-bond donors (Lipinski definition) is 1. The molecule has 1 fully saturated rings. The molecule has 1 aliphatic carbocycles. The van der Waals surface area contributed by atoms with E-state index in [1.807, 2.05) is 19.4 Å². The van der Waals surface area contributed by atoms with E-state index in [0.29, 0.717) is 5.92 Å². The van der Waals surface area contributed by atoms with Crippen LogP contribution in [0, 0.1) is 5.92 Å². The predicted octanol–water partition coefficient (Wildman–Crippen LogP) is 1.90. The SMILES string of the molecule is CC1CCCCC1(O)Cc1cnn(C)c1. The van der Waals surface area contributed by atoms with E-state index in [1.165, 1.54) is 6.42 Å². The molecule has 1 saturated carbocycles. The summed E-state index contributed by atoms with van der Waals surface area (Å²) in [5, 5.41) is 14.7. The van der Waals surface area contributed by atoms with Crippen LogP contribution in [0.1, 0.15) is 38.2 Å². The third kappa shape index (κ3) is 2.23. The zero-order valence-corrected chi connectivity index (χ0v) is 9.61. The number of rotatable bonds is 2. The molecule has 0 aliphatic heterocycles. The Kier molecular flexibility index (Phi) is 2.83. The predicted molar refractivity (Wildman–Crippen MR) is 59.5 cm³/mol. The van der Waals surface area contributed by atoms with Gasteiger partial charge in [-0.2, -0.15) is 5.10 Å². The summed E-state index contributed by atoms with van der Waals surface area (Å²) in [5.74, 6) is 0.409. The Morgan fingerprint density at radius 3 is 3.00 bits per heavy atom. The Hall–Kier alpha value is -0.830. The molecule has 2 rings (SSSR count). The molecule has 1 aliphatic rings. The van der Waals surface area contributed by atoms with Crippen molar-refractivity contribution in [3.05, 3.63) is 18.0 Å². The van der Waals surface area contributed by atoms with Crippen molar-refractivity contribution in [2.24, 2.45) is 13.0 Å². The molecule has 1 N–H and O–H groups in total. The molecule has 0 amide bonds. The van der Waals surface area contributed by atoms with Crippen LogP contribution < -0.4 is 0 Å². The number of aryl methyl sites for hydroxylation is 1. The first-order chi connectivity index (χ1) is 7.10. The fourth-order valence-electron chi connectivity index (χ4n) is 2.58. The second-order valence-electron chi connectivity index (χ2n) is 4.95. The Morgan fingerprint density at radius 2 is 2.40 bits per heavy atom. The minimum Gasteiger partial charge on any atom is -0.389 e. The lowest BCUT2D eigenvalue weighted by molar-refractivity contribution is -0.0405. The maximum Gasteiger partial charge on any atom is 0.0714 e. The first-order valence-electron chi connectivity index (χ1n) is 5.80. The van der Waals surface area contributed by atoms with E-state index in [0.717, 1.165) is 31.2 Å². The van der Waals surface area contributed by atoms with Crippen molar-refractivity contribution in [3.63, 3.8) is 0 Å². The maximum absolute atomic E-state index is 10.6. The minimum atomic E-state index is -0.499. The highest BCUT2D eigenvalue weighted by Gasteiger charge is 2.36. The van der Waals surface area contributed by atoms with Gasteiger partial charge in [-0.15, -0.1) is 0 Å². The van der Waals surface area contributed by atoms with E-state index in [4.69, 9.17) is 0 Å². The topological polar surface area (TPSA) is 38.1 Å². The lowest BCUT2D eigenvalue weighted by Crippen LogP contribution is -2.41. The van der Waals surface area contributed by atoms with Crippen LogP contribution >= 0.6 is 0 Å². The summed E-state index contributed by atoms with van der Waals surface area (Å²) in [5.41, 5.74) is 0.648. The summed E-state index contributed by atoms with van der Waals surface area (Å²) in [4.78, 5) is 0. The van der Waals surface area contributed by atoms with Crippen LogP contribution in [0.5, 0.6) is 0 Å². The van der Waals surface area contributed by atoms with Crippen LogP contribution in [0.3, 0.4) is 0 Å². The van der Waals surface area contributed by atoms with Gasteiger partial charge in [0.1, 0.15) is 0 Å². The molecule has 15 heavy (non-hydrogen) atoms. The summed E-state index contributed by atoms with van der Waals surface area (Å²) >= 11 is 0. The molecule has 0 aromatic carbocycles.